The molecule has 154 valence electrons. The van der Waals surface area contributed by atoms with Gasteiger partial charge in [0, 0.05) is 33.1 Å². The molecular weight excluding hydrogens is 394 g/mol. The number of aromatic nitrogens is 2. The third-order valence-corrected chi connectivity index (χ3v) is 7.10. The van der Waals surface area contributed by atoms with Crippen LogP contribution < -0.4 is 5.32 Å². The van der Waals surface area contributed by atoms with Gasteiger partial charge in [0.1, 0.15) is 0 Å². The van der Waals surface area contributed by atoms with Gasteiger partial charge in [-0.2, -0.15) is 0 Å². The highest BCUT2D eigenvalue weighted by atomic mass is 32.2. The first kappa shape index (κ1) is 22.0. The van der Waals surface area contributed by atoms with Crippen molar-refractivity contribution in [3.63, 3.8) is 0 Å². The fourth-order valence-electron chi connectivity index (χ4n) is 2.53. The summed E-state index contributed by atoms with van der Waals surface area (Å²) in [4.78, 5) is 13.9. The predicted octanol–water partition coefficient (Wildman–Crippen LogP) is 1.43. The van der Waals surface area contributed by atoms with Crippen molar-refractivity contribution in [2.45, 2.75) is 43.9 Å². The van der Waals surface area contributed by atoms with Gasteiger partial charge in [0.15, 0.2) is 6.29 Å². The van der Waals surface area contributed by atoms with Gasteiger partial charge in [-0.1, -0.05) is 25.2 Å². The Bertz CT molecular complexity index is 764. The minimum atomic E-state index is -3.68. The number of hydrogen-bond acceptors (Lipinski definition) is 8. The standard InChI is InChI=1S/C15H27N5O5S2/c1-10-7-8-24-11(25-10)15(2,3)9-20(6)13(21)16-12-17-18-14(26-12)27(22,23)19(4)5/h10-11H,7-9H2,1-6H3,(H,16,17,21). The summed E-state index contributed by atoms with van der Waals surface area (Å²) in [5.74, 6) is 0. The van der Waals surface area contributed by atoms with E-state index >= 15 is 0 Å². The van der Waals surface area contributed by atoms with E-state index in [0.29, 0.717) is 13.2 Å². The monoisotopic (exact) mass is 421 g/mol. The minimum Gasteiger partial charge on any atom is -0.352 e. The van der Waals surface area contributed by atoms with Crippen LogP contribution >= 0.6 is 11.3 Å². The first-order chi connectivity index (χ1) is 12.4. The van der Waals surface area contributed by atoms with Crippen LogP contribution in [-0.4, -0.2) is 80.5 Å². The molecule has 1 aliphatic heterocycles. The van der Waals surface area contributed by atoms with E-state index < -0.39 is 27.8 Å². The van der Waals surface area contributed by atoms with E-state index in [1.165, 1.54) is 19.0 Å². The van der Waals surface area contributed by atoms with Crippen LogP contribution in [-0.2, 0) is 19.5 Å². The maximum Gasteiger partial charge on any atom is 0.323 e. The molecule has 0 saturated carbocycles. The summed E-state index contributed by atoms with van der Waals surface area (Å²) in [5, 5.41) is 10.1. The molecule has 0 radical (unpaired) electrons. The van der Waals surface area contributed by atoms with Gasteiger partial charge in [0.05, 0.1) is 12.7 Å². The van der Waals surface area contributed by atoms with E-state index in [4.69, 9.17) is 9.47 Å². The zero-order valence-electron chi connectivity index (χ0n) is 16.4. The molecule has 1 fully saturated rings. The molecule has 1 aromatic heterocycles. The van der Waals surface area contributed by atoms with Crippen molar-refractivity contribution in [2.75, 3.05) is 39.6 Å². The zero-order chi connectivity index (χ0) is 20.4. The van der Waals surface area contributed by atoms with Crippen LogP contribution in [0.4, 0.5) is 9.93 Å². The second-order valence-corrected chi connectivity index (χ2v) is 10.7. The van der Waals surface area contributed by atoms with E-state index in [0.717, 1.165) is 22.1 Å². The fraction of sp³-hybridized carbons (Fsp3) is 0.800. The van der Waals surface area contributed by atoms with Crippen molar-refractivity contribution in [1.82, 2.24) is 19.4 Å². The third kappa shape index (κ3) is 5.35. The first-order valence-corrected chi connectivity index (χ1v) is 10.7. The topological polar surface area (TPSA) is 114 Å². The molecule has 0 aliphatic carbocycles. The van der Waals surface area contributed by atoms with Crippen LogP contribution in [0.15, 0.2) is 4.34 Å². The van der Waals surface area contributed by atoms with E-state index in [9.17, 15) is 13.2 Å². The van der Waals surface area contributed by atoms with Crippen LogP contribution in [0, 0.1) is 5.41 Å². The van der Waals surface area contributed by atoms with E-state index in [1.807, 2.05) is 20.8 Å². The van der Waals surface area contributed by atoms with Crippen molar-refractivity contribution in [3.8, 4) is 0 Å². The van der Waals surface area contributed by atoms with Crippen molar-refractivity contribution in [2.24, 2.45) is 5.41 Å². The van der Waals surface area contributed by atoms with Gasteiger partial charge in [-0.05, 0) is 13.3 Å². The van der Waals surface area contributed by atoms with Gasteiger partial charge in [0.25, 0.3) is 10.0 Å². The first-order valence-electron chi connectivity index (χ1n) is 8.48. The maximum atomic E-state index is 12.4. The quantitative estimate of drug-likeness (QED) is 0.691. The Morgan fingerprint density at radius 3 is 2.59 bits per heavy atom. The average Bonchev–Trinajstić information content (AvgIpc) is 3.03. The van der Waals surface area contributed by atoms with Crippen LogP contribution in [0.1, 0.15) is 27.2 Å². The van der Waals surface area contributed by atoms with Gasteiger partial charge < -0.3 is 14.4 Å². The number of nitrogens with zero attached hydrogens (tertiary/aromatic N) is 4. The molecule has 1 aliphatic rings. The molecule has 10 nitrogen and oxygen atoms in total. The molecule has 1 N–H and O–H groups in total. The summed E-state index contributed by atoms with van der Waals surface area (Å²) < 4.78 is 36.5. The van der Waals surface area contributed by atoms with Gasteiger partial charge in [-0.25, -0.2) is 17.5 Å². The van der Waals surface area contributed by atoms with Crippen molar-refractivity contribution >= 4 is 32.5 Å². The van der Waals surface area contributed by atoms with E-state index in [1.54, 1.807) is 7.05 Å². The number of hydrogen-bond donors (Lipinski definition) is 1. The Labute approximate surface area is 163 Å². The van der Waals surface area contributed by atoms with Crippen LogP contribution in [0.2, 0.25) is 0 Å². The smallest absolute Gasteiger partial charge is 0.323 e. The molecular formula is C15H27N5O5S2. The summed E-state index contributed by atoms with van der Waals surface area (Å²) in [6, 6.07) is -0.420. The number of carbonyl (C=O) groups excluding carboxylic acids is 1. The predicted molar refractivity (Wildman–Crippen MR) is 101 cm³/mol. The van der Waals surface area contributed by atoms with Crippen LogP contribution in [0.25, 0.3) is 0 Å². The van der Waals surface area contributed by atoms with Gasteiger partial charge in [0.2, 0.25) is 9.47 Å². The second-order valence-electron chi connectivity index (χ2n) is 7.37. The summed E-state index contributed by atoms with van der Waals surface area (Å²) in [5.41, 5.74) is -0.429. The Hall–Kier alpha value is -1.34. The molecule has 2 rings (SSSR count). The minimum absolute atomic E-state index is 0.112. The summed E-state index contributed by atoms with van der Waals surface area (Å²) in [7, 11) is 0.768. The number of nitrogens with one attached hydrogen (secondary N) is 1. The second kappa shape index (κ2) is 8.35. The highest BCUT2D eigenvalue weighted by Gasteiger charge is 2.37. The molecule has 2 amide bonds. The molecule has 12 heteroatoms. The highest BCUT2D eigenvalue weighted by Crippen LogP contribution is 2.30. The summed E-state index contributed by atoms with van der Waals surface area (Å²) >= 11 is 0.800. The average molecular weight is 422 g/mol. The number of anilines is 1. The van der Waals surface area contributed by atoms with Crippen molar-refractivity contribution < 1.29 is 22.7 Å². The Morgan fingerprint density at radius 2 is 2.00 bits per heavy atom. The van der Waals surface area contributed by atoms with Gasteiger partial charge >= 0.3 is 6.03 Å². The van der Waals surface area contributed by atoms with Gasteiger partial charge in [-0.15, -0.1) is 10.2 Å². The Morgan fingerprint density at radius 1 is 1.33 bits per heavy atom. The number of carbonyl (C=O) groups is 1. The van der Waals surface area contributed by atoms with Crippen molar-refractivity contribution in [1.29, 1.82) is 0 Å². The molecule has 0 spiro atoms. The zero-order valence-corrected chi connectivity index (χ0v) is 18.1. The molecule has 2 heterocycles. The van der Waals surface area contributed by atoms with E-state index in [2.05, 4.69) is 15.5 Å². The van der Waals surface area contributed by atoms with Crippen LogP contribution in [0.3, 0.4) is 0 Å². The largest absolute Gasteiger partial charge is 0.352 e. The maximum absolute atomic E-state index is 12.4. The van der Waals surface area contributed by atoms with Crippen LogP contribution in [0.5, 0.6) is 0 Å². The summed E-state index contributed by atoms with van der Waals surface area (Å²) in [6.45, 7) is 6.92. The lowest BCUT2D eigenvalue weighted by molar-refractivity contribution is -0.253. The normalized spacial score (nSPS) is 21.3. The molecule has 0 bridgehead atoms. The Kier molecular flexibility index (Phi) is 6.79. The lowest BCUT2D eigenvalue weighted by atomic mass is 9.91. The summed E-state index contributed by atoms with van der Waals surface area (Å²) in [6.07, 6.45) is 0.550. The lowest BCUT2D eigenvalue weighted by Crippen LogP contribution is -2.48. The number of urea groups is 1. The molecule has 1 saturated heterocycles. The van der Waals surface area contributed by atoms with Crippen molar-refractivity contribution in [3.05, 3.63) is 0 Å². The number of rotatable bonds is 6. The fourth-order valence-corrected chi connectivity index (χ4v) is 4.56. The Balaban J connectivity index is 1.98. The van der Waals surface area contributed by atoms with Gasteiger partial charge in [-0.3, -0.25) is 5.32 Å². The lowest BCUT2D eigenvalue weighted by Gasteiger charge is -2.40. The molecule has 2 unspecified atom stereocenters. The number of ether oxygens (including phenoxy) is 2. The van der Waals surface area contributed by atoms with E-state index in [-0.39, 0.29) is 15.6 Å². The number of amides is 2. The molecule has 2 atom stereocenters. The number of sulfonamides is 1. The molecule has 1 aromatic rings. The SMILES string of the molecule is CC1CCOC(C(C)(C)CN(C)C(=O)Nc2nnc(S(=O)(=O)N(C)C)s2)O1. The molecule has 0 aromatic carbocycles. The third-order valence-electron chi connectivity index (χ3n) is 4.10. The molecule has 27 heavy (non-hydrogen) atoms. The highest BCUT2D eigenvalue weighted by molar-refractivity contribution is 7.91.